The van der Waals surface area contributed by atoms with Crippen LogP contribution in [0.25, 0.3) is 11.0 Å². The molecule has 1 saturated heterocycles. The van der Waals surface area contributed by atoms with Crippen LogP contribution >= 0.6 is 0 Å². The minimum atomic E-state index is -1.26. The highest BCUT2D eigenvalue weighted by molar-refractivity contribution is 6.11. The van der Waals surface area contributed by atoms with Gasteiger partial charge in [-0.05, 0) is 44.5 Å². The van der Waals surface area contributed by atoms with Gasteiger partial charge in [-0.1, -0.05) is 12.1 Å². The fourth-order valence-corrected chi connectivity index (χ4v) is 3.32. The largest absolute Gasteiger partial charge is 0.322 e. The molecule has 0 aliphatic carbocycles. The highest BCUT2D eigenvalue weighted by Crippen LogP contribution is 2.27. The van der Waals surface area contributed by atoms with Crippen LogP contribution in [0.5, 0.6) is 0 Å². The van der Waals surface area contributed by atoms with Gasteiger partial charge in [0.1, 0.15) is 16.9 Å². The molecule has 1 aliphatic rings. The summed E-state index contributed by atoms with van der Waals surface area (Å²) in [7, 11) is 0. The van der Waals surface area contributed by atoms with Crippen molar-refractivity contribution in [3.8, 4) is 0 Å². The van der Waals surface area contributed by atoms with Gasteiger partial charge in [-0.25, -0.2) is 19.2 Å². The summed E-state index contributed by atoms with van der Waals surface area (Å²) < 4.78 is 14.1. The summed E-state index contributed by atoms with van der Waals surface area (Å²) in [6.07, 6.45) is 0. The van der Waals surface area contributed by atoms with Crippen molar-refractivity contribution in [2.45, 2.75) is 26.3 Å². The summed E-state index contributed by atoms with van der Waals surface area (Å²) in [5.41, 5.74) is 1.52. The van der Waals surface area contributed by atoms with Gasteiger partial charge in [0, 0.05) is 11.8 Å². The number of urea groups is 1. The highest BCUT2D eigenvalue weighted by atomic mass is 19.1. The van der Waals surface area contributed by atoms with Gasteiger partial charge in [-0.15, -0.1) is 0 Å². The van der Waals surface area contributed by atoms with Crippen LogP contribution in [0.4, 0.5) is 14.9 Å². The van der Waals surface area contributed by atoms with Crippen molar-refractivity contribution in [1.29, 1.82) is 0 Å². The van der Waals surface area contributed by atoms with E-state index < -0.39 is 29.2 Å². The molecule has 1 aliphatic heterocycles. The van der Waals surface area contributed by atoms with Crippen molar-refractivity contribution in [3.05, 3.63) is 64.7 Å². The molecule has 152 valence electrons. The third-order valence-electron chi connectivity index (χ3n) is 5.13. The first-order valence-corrected chi connectivity index (χ1v) is 9.17. The van der Waals surface area contributed by atoms with Crippen LogP contribution in [0.1, 0.15) is 34.2 Å². The number of nitrogens with one attached hydrogen (secondary N) is 3. The molecule has 8 nitrogen and oxygen atoms in total. The first-order valence-electron chi connectivity index (χ1n) is 9.17. The number of hydrogen-bond donors (Lipinski definition) is 3. The van der Waals surface area contributed by atoms with E-state index >= 15 is 0 Å². The minimum absolute atomic E-state index is 0.0455. The average molecular weight is 407 g/mol. The smallest absolute Gasteiger partial charge is 0.322 e. The maximum absolute atomic E-state index is 14.1. The lowest BCUT2D eigenvalue weighted by atomic mass is 9.92. The van der Waals surface area contributed by atoms with E-state index in [2.05, 4.69) is 25.9 Å². The number of carbonyl (C=O) groups is 3. The lowest BCUT2D eigenvalue weighted by Gasteiger charge is -2.21. The van der Waals surface area contributed by atoms with E-state index in [1.54, 1.807) is 45.0 Å². The Labute approximate surface area is 170 Å². The van der Waals surface area contributed by atoms with Crippen LogP contribution in [-0.2, 0) is 10.3 Å². The van der Waals surface area contributed by atoms with Crippen LogP contribution in [0.2, 0.25) is 0 Å². The van der Waals surface area contributed by atoms with Crippen molar-refractivity contribution in [3.63, 3.8) is 0 Å². The Morgan fingerprint density at radius 1 is 1.10 bits per heavy atom. The fraction of sp³-hybridized carbons (Fsp3) is 0.190. The summed E-state index contributed by atoms with van der Waals surface area (Å²) in [5.74, 6) is -1.66. The Balaban J connectivity index is 1.70. The number of aryl methyl sites for hydroxylation is 2. The van der Waals surface area contributed by atoms with Crippen molar-refractivity contribution in [2.24, 2.45) is 0 Å². The number of halogens is 1. The molecule has 2 heterocycles. The number of fused-ring (bicyclic) bond motifs is 1. The van der Waals surface area contributed by atoms with Crippen LogP contribution in [-0.4, -0.2) is 27.8 Å². The predicted molar refractivity (Wildman–Crippen MR) is 107 cm³/mol. The Bertz CT molecular complexity index is 1240. The van der Waals surface area contributed by atoms with Crippen LogP contribution in [0.15, 0.2) is 36.4 Å². The molecule has 0 bridgehead atoms. The first-order chi connectivity index (χ1) is 14.2. The van der Waals surface area contributed by atoms with Crippen molar-refractivity contribution in [1.82, 2.24) is 20.6 Å². The Hall–Kier alpha value is -3.88. The molecule has 9 heteroatoms. The monoisotopic (exact) mass is 407 g/mol. The van der Waals surface area contributed by atoms with E-state index in [-0.39, 0.29) is 11.1 Å². The average Bonchev–Trinajstić information content (AvgIpc) is 2.95. The molecule has 3 aromatic rings. The number of amides is 4. The van der Waals surface area contributed by atoms with Gasteiger partial charge in [0.05, 0.1) is 22.5 Å². The SMILES string of the molecule is Cc1nc2cc(F)cc(C(=O)Nc3cccc(C4(C)NC(=O)NC4=O)c3)c2nc1C. The summed E-state index contributed by atoms with van der Waals surface area (Å²) in [5, 5.41) is 7.47. The maximum atomic E-state index is 14.1. The molecule has 3 N–H and O–H groups in total. The molecule has 1 fully saturated rings. The third-order valence-corrected chi connectivity index (χ3v) is 5.13. The van der Waals surface area contributed by atoms with Gasteiger partial charge in [0.15, 0.2) is 0 Å². The van der Waals surface area contributed by atoms with Gasteiger partial charge < -0.3 is 10.6 Å². The van der Waals surface area contributed by atoms with E-state index in [1.807, 2.05) is 0 Å². The molecule has 0 radical (unpaired) electrons. The van der Waals surface area contributed by atoms with Gasteiger partial charge >= 0.3 is 6.03 Å². The quantitative estimate of drug-likeness (QED) is 0.578. The molecule has 1 atom stereocenters. The number of nitrogens with zero attached hydrogens (tertiary/aromatic N) is 2. The third kappa shape index (κ3) is 3.24. The molecule has 0 spiro atoms. The lowest BCUT2D eigenvalue weighted by Crippen LogP contribution is -2.40. The maximum Gasteiger partial charge on any atom is 0.322 e. The molecule has 4 amide bonds. The molecular weight excluding hydrogens is 389 g/mol. The minimum Gasteiger partial charge on any atom is -0.322 e. The highest BCUT2D eigenvalue weighted by Gasteiger charge is 2.43. The molecule has 0 saturated carbocycles. The Morgan fingerprint density at radius 2 is 1.83 bits per heavy atom. The standard InChI is InChI=1S/C21H18FN5O3/c1-10-11(2)24-17-15(8-13(22)9-16(17)23-10)18(28)25-14-6-4-5-12(7-14)21(3)19(29)26-20(30)27-21/h4-9H,1-3H3,(H,25,28)(H2,26,27,29,30). The number of anilines is 1. The molecule has 1 unspecified atom stereocenters. The number of aromatic nitrogens is 2. The van der Waals surface area contributed by atoms with Crippen molar-refractivity contribution < 1.29 is 18.8 Å². The molecular formula is C21H18FN5O3. The normalized spacial score (nSPS) is 18.3. The van der Waals surface area contributed by atoms with E-state index in [1.165, 1.54) is 6.07 Å². The molecule has 30 heavy (non-hydrogen) atoms. The van der Waals surface area contributed by atoms with E-state index in [0.717, 1.165) is 6.07 Å². The number of carbonyl (C=O) groups excluding carboxylic acids is 3. The molecule has 4 rings (SSSR count). The van der Waals surface area contributed by atoms with Gasteiger partial charge in [0.2, 0.25) is 0 Å². The summed E-state index contributed by atoms with van der Waals surface area (Å²) >= 11 is 0. The predicted octanol–water partition coefficient (Wildman–Crippen LogP) is 2.69. The van der Waals surface area contributed by atoms with E-state index in [0.29, 0.717) is 28.2 Å². The second-order valence-corrected chi connectivity index (χ2v) is 7.28. The van der Waals surface area contributed by atoms with Crippen LogP contribution in [0.3, 0.4) is 0 Å². The number of benzene rings is 2. The van der Waals surface area contributed by atoms with Crippen LogP contribution < -0.4 is 16.0 Å². The number of imide groups is 1. The van der Waals surface area contributed by atoms with Crippen LogP contribution in [0, 0.1) is 19.7 Å². The Kier molecular flexibility index (Phi) is 4.45. The lowest BCUT2D eigenvalue weighted by molar-refractivity contribution is -0.123. The van der Waals surface area contributed by atoms with Gasteiger partial charge in [-0.2, -0.15) is 0 Å². The second-order valence-electron chi connectivity index (χ2n) is 7.28. The topological polar surface area (TPSA) is 113 Å². The summed E-state index contributed by atoms with van der Waals surface area (Å²) in [6, 6.07) is 8.26. The van der Waals surface area contributed by atoms with Gasteiger partial charge in [0.25, 0.3) is 11.8 Å². The second kappa shape index (κ2) is 6.87. The zero-order valence-electron chi connectivity index (χ0n) is 16.5. The number of hydrogen-bond acceptors (Lipinski definition) is 5. The van der Waals surface area contributed by atoms with E-state index in [4.69, 9.17) is 0 Å². The Morgan fingerprint density at radius 3 is 2.53 bits per heavy atom. The van der Waals surface area contributed by atoms with E-state index in [9.17, 15) is 18.8 Å². The fourth-order valence-electron chi connectivity index (χ4n) is 3.32. The summed E-state index contributed by atoms with van der Waals surface area (Å²) in [4.78, 5) is 45.3. The number of rotatable bonds is 3. The zero-order chi connectivity index (χ0) is 21.6. The summed E-state index contributed by atoms with van der Waals surface area (Å²) in [6.45, 7) is 5.09. The van der Waals surface area contributed by atoms with Crippen molar-refractivity contribution in [2.75, 3.05) is 5.32 Å². The van der Waals surface area contributed by atoms with Crippen molar-refractivity contribution >= 4 is 34.6 Å². The van der Waals surface area contributed by atoms with Gasteiger partial charge in [-0.3, -0.25) is 14.9 Å². The molecule has 1 aromatic heterocycles. The first kappa shape index (κ1) is 19.4. The molecule has 2 aromatic carbocycles. The zero-order valence-corrected chi connectivity index (χ0v) is 16.5.